The first-order valence-corrected chi connectivity index (χ1v) is 5.35. The van der Waals surface area contributed by atoms with E-state index in [0.29, 0.717) is 0 Å². The van der Waals surface area contributed by atoms with E-state index < -0.39 is 0 Å². The molecule has 1 nitrogen and oxygen atoms in total. The highest BCUT2D eigenvalue weighted by molar-refractivity contribution is 7.93. The Labute approximate surface area is 106 Å². The Morgan fingerprint density at radius 1 is 1.21 bits per heavy atom. The second-order valence-corrected chi connectivity index (χ2v) is 4.89. The molecule has 0 bridgehead atoms. The minimum Gasteiger partial charge on any atom is -1.00 e. The molecule has 0 N–H and O–H groups in total. The van der Waals surface area contributed by atoms with Crippen molar-refractivity contribution in [3.8, 4) is 0 Å². The molecule has 0 aliphatic heterocycles. The number of quaternary nitrogens is 1. The zero-order valence-corrected chi connectivity index (χ0v) is 11.6. The van der Waals surface area contributed by atoms with Crippen LogP contribution in [0.25, 0.3) is 0 Å². The molecule has 80 valence electrons. The van der Waals surface area contributed by atoms with Crippen LogP contribution in [-0.4, -0.2) is 24.2 Å². The van der Waals surface area contributed by atoms with Crippen molar-refractivity contribution in [2.45, 2.75) is 6.54 Å². The third-order valence-corrected chi connectivity index (χ3v) is 3.09. The van der Waals surface area contributed by atoms with Crippen LogP contribution >= 0.6 is 11.9 Å². The first kappa shape index (κ1) is 14.2. The van der Waals surface area contributed by atoms with Crippen LogP contribution in [0.2, 0.25) is 0 Å². The van der Waals surface area contributed by atoms with Gasteiger partial charge in [-0.05, 0) is 12.1 Å². The number of nitrogens with zero attached hydrogens (tertiary/aromatic N) is 1. The molecule has 0 radical (unpaired) electrons. The third kappa shape index (κ3) is 4.61. The lowest BCUT2D eigenvalue weighted by Crippen LogP contribution is -3.00. The maximum Gasteiger partial charge on any atom is 0.123 e. The van der Waals surface area contributed by atoms with Crippen LogP contribution < -0.4 is 24.0 Å². The largest absolute Gasteiger partial charge is 1.00 e. The Kier molecular flexibility index (Phi) is 6.00. The summed E-state index contributed by atoms with van der Waals surface area (Å²) in [4.78, 5) is 0. The van der Waals surface area contributed by atoms with E-state index in [1.807, 2.05) is 12.1 Å². The van der Waals surface area contributed by atoms with Crippen LogP contribution in [0.1, 0.15) is 5.56 Å². The molecule has 0 heterocycles. The summed E-state index contributed by atoms with van der Waals surface area (Å²) in [6.07, 6.45) is 2.07. The Morgan fingerprint density at radius 2 is 1.71 bits per heavy atom. The zero-order valence-electron chi connectivity index (χ0n) is 8.63. The molecule has 1 rings (SSSR count). The second kappa shape index (κ2) is 5.92. The second-order valence-electron chi connectivity index (χ2n) is 3.54. The fourth-order valence-corrected chi connectivity index (χ4v) is 1.37. The highest BCUT2D eigenvalue weighted by Gasteiger charge is 2.14. The third-order valence-electron chi connectivity index (χ3n) is 1.97. The van der Waals surface area contributed by atoms with Gasteiger partial charge in [-0.1, -0.05) is 12.1 Å². The predicted molar refractivity (Wildman–Crippen MR) is 55.7 cm³/mol. The van der Waals surface area contributed by atoms with E-state index in [0.717, 1.165) is 10.4 Å². The Bertz CT molecular complexity index is 274. The zero-order chi connectivity index (χ0) is 9.90. The Hall–Kier alpha value is 0.190. The molecule has 0 amide bonds. The first-order chi connectivity index (χ1) is 6.03. The quantitative estimate of drug-likeness (QED) is 0.417. The average molecular weight is 327 g/mol. The van der Waals surface area contributed by atoms with Crippen LogP contribution in [0.5, 0.6) is 0 Å². The van der Waals surface area contributed by atoms with E-state index in [-0.39, 0.29) is 29.8 Å². The number of hydrogen-bond acceptors (Lipinski definition) is 1. The standard InChI is InChI=1S/C10H15FNS.HI/c1-12(2,13-3)8-9-4-6-10(11)7-5-9;/h4-7H,8H2,1-3H3;1H/q+1;/p-1. The molecule has 0 saturated heterocycles. The summed E-state index contributed by atoms with van der Waals surface area (Å²) in [6, 6.07) is 6.70. The van der Waals surface area contributed by atoms with Crippen molar-refractivity contribution in [1.29, 1.82) is 0 Å². The Morgan fingerprint density at radius 3 is 2.14 bits per heavy atom. The fourth-order valence-electron chi connectivity index (χ4n) is 1.09. The van der Waals surface area contributed by atoms with E-state index in [1.165, 1.54) is 17.7 Å². The van der Waals surface area contributed by atoms with Crippen molar-refractivity contribution in [3.05, 3.63) is 35.6 Å². The minimum absolute atomic E-state index is 0. The van der Waals surface area contributed by atoms with Crippen molar-refractivity contribution in [3.63, 3.8) is 0 Å². The number of rotatable bonds is 3. The number of halogens is 2. The summed E-state index contributed by atoms with van der Waals surface area (Å²) in [6.45, 7) is 0.918. The highest BCUT2D eigenvalue weighted by Crippen LogP contribution is 2.18. The van der Waals surface area contributed by atoms with Gasteiger partial charge in [-0.15, -0.1) is 0 Å². The highest BCUT2D eigenvalue weighted by atomic mass is 127. The molecule has 0 atom stereocenters. The van der Waals surface area contributed by atoms with Crippen LogP contribution in [0.15, 0.2) is 24.3 Å². The SMILES string of the molecule is CS[N+](C)(C)Cc1ccc(F)cc1.[I-]. The summed E-state index contributed by atoms with van der Waals surface area (Å²) < 4.78 is 13.4. The van der Waals surface area contributed by atoms with Gasteiger partial charge in [0.1, 0.15) is 12.4 Å². The molecule has 0 spiro atoms. The summed E-state index contributed by atoms with van der Waals surface area (Å²) in [5.41, 5.74) is 1.17. The van der Waals surface area contributed by atoms with Crippen LogP contribution in [-0.2, 0) is 6.54 Å². The molecule has 0 fully saturated rings. The van der Waals surface area contributed by atoms with Gasteiger partial charge in [0.05, 0.1) is 26.0 Å². The molecule has 0 aliphatic carbocycles. The normalized spacial score (nSPS) is 10.9. The van der Waals surface area contributed by atoms with Gasteiger partial charge in [0.25, 0.3) is 0 Å². The van der Waals surface area contributed by atoms with Crippen molar-refractivity contribution in [2.75, 3.05) is 20.4 Å². The van der Waals surface area contributed by atoms with Crippen molar-refractivity contribution >= 4 is 11.9 Å². The lowest BCUT2D eigenvalue weighted by molar-refractivity contribution is -0.765. The molecule has 0 aromatic heterocycles. The maximum absolute atomic E-state index is 12.6. The monoisotopic (exact) mass is 327 g/mol. The molecule has 1 aromatic rings. The Balaban J connectivity index is 0.00000169. The summed E-state index contributed by atoms with van der Waals surface area (Å²) in [7, 11) is 4.27. The average Bonchev–Trinajstić information content (AvgIpc) is 2.09. The van der Waals surface area contributed by atoms with Gasteiger partial charge in [0.15, 0.2) is 0 Å². The van der Waals surface area contributed by atoms with Gasteiger partial charge in [-0.3, -0.25) is 3.89 Å². The van der Waals surface area contributed by atoms with Crippen LogP contribution in [0.3, 0.4) is 0 Å². The van der Waals surface area contributed by atoms with Crippen LogP contribution in [0, 0.1) is 5.82 Å². The van der Waals surface area contributed by atoms with E-state index in [1.54, 1.807) is 11.9 Å². The number of hydrogen-bond donors (Lipinski definition) is 0. The summed E-state index contributed by atoms with van der Waals surface area (Å²) in [5, 5.41) is 0. The van der Waals surface area contributed by atoms with Crippen molar-refractivity contribution < 1.29 is 32.3 Å². The molecular weight excluding hydrogens is 312 g/mol. The topological polar surface area (TPSA) is 0 Å². The molecule has 4 heteroatoms. The number of benzene rings is 1. The van der Waals surface area contributed by atoms with Gasteiger partial charge in [0.2, 0.25) is 0 Å². The minimum atomic E-state index is -0.168. The van der Waals surface area contributed by atoms with E-state index >= 15 is 0 Å². The van der Waals surface area contributed by atoms with Gasteiger partial charge in [-0.2, -0.15) is 0 Å². The smallest absolute Gasteiger partial charge is 0.123 e. The summed E-state index contributed by atoms with van der Waals surface area (Å²) in [5.74, 6) is -0.168. The van der Waals surface area contributed by atoms with Gasteiger partial charge in [-0.25, -0.2) is 4.39 Å². The molecule has 14 heavy (non-hydrogen) atoms. The lowest BCUT2D eigenvalue weighted by Gasteiger charge is -2.25. The molecule has 0 unspecified atom stereocenters. The fraction of sp³-hybridized carbons (Fsp3) is 0.400. The van der Waals surface area contributed by atoms with E-state index in [2.05, 4.69) is 20.4 Å². The van der Waals surface area contributed by atoms with Crippen molar-refractivity contribution in [1.82, 2.24) is 0 Å². The maximum atomic E-state index is 12.6. The predicted octanol–water partition coefficient (Wildman–Crippen LogP) is -0.316. The van der Waals surface area contributed by atoms with E-state index in [9.17, 15) is 4.39 Å². The first-order valence-electron chi connectivity index (χ1n) is 4.17. The molecule has 0 aliphatic rings. The van der Waals surface area contributed by atoms with Crippen molar-refractivity contribution in [2.24, 2.45) is 0 Å². The van der Waals surface area contributed by atoms with Gasteiger partial charge < -0.3 is 24.0 Å². The molecule has 0 saturated carbocycles. The van der Waals surface area contributed by atoms with Gasteiger partial charge >= 0.3 is 0 Å². The van der Waals surface area contributed by atoms with E-state index in [4.69, 9.17) is 0 Å². The summed E-state index contributed by atoms with van der Waals surface area (Å²) >= 11 is 1.77. The van der Waals surface area contributed by atoms with Crippen LogP contribution in [0.4, 0.5) is 4.39 Å². The lowest BCUT2D eigenvalue weighted by atomic mass is 10.2. The molecular formula is C10H15FINS. The van der Waals surface area contributed by atoms with Gasteiger partial charge in [0, 0.05) is 11.8 Å². The molecule has 1 aromatic carbocycles.